The Hall–Kier alpha value is -1.63. The Morgan fingerprint density at radius 2 is 2.04 bits per heavy atom. The number of halogens is 1. The summed E-state index contributed by atoms with van der Waals surface area (Å²) in [5.74, 6) is 0.526. The summed E-state index contributed by atoms with van der Waals surface area (Å²) in [5.41, 5.74) is 1.04. The molecular weight excluding hydrogens is 366 g/mol. The van der Waals surface area contributed by atoms with Gasteiger partial charge in [-0.15, -0.1) is 12.4 Å². The number of nitrogens with zero attached hydrogens (tertiary/aromatic N) is 1. The fraction of sp³-hybridized carbons (Fsp3) is 0.600. The zero-order chi connectivity index (χ0) is 18.0. The van der Waals surface area contributed by atoms with Crippen molar-refractivity contribution in [2.75, 3.05) is 44.7 Å². The second kappa shape index (κ2) is 8.59. The molecule has 0 radical (unpaired) electrons. The van der Waals surface area contributed by atoms with E-state index in [-0.39, 0.29) is 29.6 Å². The van der Waals surface area contributed by atoms with Crippen molar-refractivity contribution >= 4 is 29.9 Å². The van der Waals surface area contributed by atoms with E-state index in [1.807, 2.05) is 18.2 Å². The molecule has 2 atom stereocenters. The lowest BCUT2D eigenvalue weighted by molar-refractivity contribution is -0.128. The highest BCUT2D eigenvalue weighted by Gasteiger charge is 2.49. The highest BCUT2D eigenvalue weighted by Crippen LogP contribution is 2.44. The van der Waals surface area contributed by atoms with Crippen molar-refractivity contribution in [1.29, 1.82) is 0 Å². The summed E-state index contributed by atoms with van der Waals surface area (Å²) in [5, 5.41) is 6.51. The average Bonchev–Trinajstić information content (AvgIpc) is 3.14. The van der Waals surface area contributed by atoms with E-state index in [1.165, 1.54) is 6.42 Å². The van der Waals surface area contributed by atoms with Gasteiger partial charge in [-0.3, -0.25) is 9.59 Å². The molecule has 6 nitrogen and oxygen atoms in total. The number of carbonyl (C=O) groups is 2. The third-order valence-corrected chi connectivity index (χ3v) is 6.16. The van der Waals surface area contributed by atoms with Crippen molar-refractivity contribution in [3.05, 3.63) is 29.8 Å². The lowest BCUT2D eigenvalue weighted by atomic mass is 9.67. The summed E-state index contributed by atoms with van der Waals surface area (Å²) in [6.07, 6.45) is 4.39. The number of benzene rings is 1. The summed E-state index contributed by atoms with van der Waals surface area (Å²) in [6, 6.07) is 7.32. The van der Waals surface area contributed by atoms with Crippen molar-refractivity contribution in [1.82, 2.24) is 10.2 Å². The second-order valence-corrected chi connectivity index (χ2v) is 7.67. The largest absolute Gasteiger partial charge is 0.378 e. The molecule has 1 aromatic rings. The Bertz CT molecular complexity index is 693. The minimum atomic E-state index is -0.289. The topological polar surface area (TPSA) is 70.7 Å². The molecule has 148 valence electrons. The van der Waals surface area contributed by atoms with Crippen molar-refractivity contribution < 1.29 is 14.3 Å². The fourth-order valence-electron chi connectivity index (χ4n) is 4.62. The Kier molecular flexibility index (Phi) is 6.40. The zero-order valence-electron chi connectivity index (χ0n) is 15.5. The van der Waals surface area contributed by atoms with Crippen LogP contribution in [0.1, 0.15) is 36.0 Å². The highest BCUT2D eigenvalue weighted by molar-refractivity contribution is 5.99. The van der Waals surface area contributed by atoms with E-state index in [2.05, 4.69) is 10.6 Å². The summed E-state index contributed by atoms with van der Waals surface area (Å²) in [6.45, 7) is 4.09. The third-order valence-electron chi connectivity index (χ3n) is 6.16. The zero-order valence-corrected chi connectivity index (χ0v) is 16.4. The molecule has 2 N–H and O–H groups in total. The molecule has 3 fully saturated rings. The van der Waals surface area contributed by atoms with Crippen LogP contribution in [0.2, 0.25) is 0 Å². The molecule has 27 heavy (non-hydrogen) atoms. The number of carbonyl (C=O) groups excluding carboxylic acids is 2. The van der Waals surface area contributed by atoms with E-state index in [1.54, 1.807) is 11.0 Å². The Morgan fingerprint density at radius 1 is 1.22 bits per heavy atom. The molecule has 7 heteroatoms. The first kappa shape index (κ1) is 20.1. The van der Waals surface area contributed by atoms with Crippen molar-refractivity contribution in [2.24, 2.45) is 11.3 Å². The normalized spacial score (nSPS) is 27.4. The monoisotopic (exact) mass is 393 g/mol. The van der Waals surface area contributed by atoms with Gasteiger partial charge < -0.3 is 20.3 Å². The van der Waals surface area contributed by atoms with Crippen LogP contribution in [0.25, 0.3) is 0 Å². The maximum absolute atomic E-state index is 13.1. The average molecular weight is 394 g/mol. The van der Waals surface area contributed by atoms with Gasteiger partial charge in [0.1, 0.15) is 0 Å². The van der Waals surface area contributed by atoms with Gasteiger partial charge >= 0.3 is 0 Å². The number of hydrogen-bond acceptors (Lipinski definition) is 4. The van der Waals surface area contributed by atoms with E-state index in [0.717, 1.165) is 32.4 Å². The minimum Gasteiger partial charge on any atom is -0.378 e. The first-order valence-electron chi connectivity index (χ1n) is 9.68. The van der Waals surface area contributed by atoms with Gasteiger partial charge in [-0.05, 0) is 43.5 Å². The lowest BCUT2D eigenvalue weighted by Gasteiger charge is -2.37. The number of hydrogen-bond donors (Lipinski definition) is 2. The Morgan fingerprint density at radius 3 is 2.85 bits per heavy atom. The number of nitrogens with one attached hydrogen (secondary N) is 2. The van der Waals surface area contributed by atoms with E-state index in [0.29, 0.717) is 43.5 Å². The first-order chi connectivity index (χ1) is 12.7. The molecule has 1 saturated carbocycles. The van der Waals surface area contributed by atoms with Gasteiger partial charge in [-0.1, -0.05) is 18.9 Å². The Labute approximate surface area is 166 Å². The molecule has 1 aromatic carbocycles. The van der Waals surface area contributed by atoms with Crippen LogP contribution in [-0.4, -0.2) is 56.1 Å². The first-order valence-corrected chi connectivity index (χ1v) is 9.68. The molecule has 2 aliphatic heterocycles. The second-order valence-electron chi connectivity index (χ2n) is 7.67. The molecule has 2 amide bonds. The van der Waals surface area contributed by atoms with Crippen molar-refractivity contribution in [3.8, 4) is 0 Å². The molecule has 4 rings (SSSR count). The SMILES string of the molecule is Cl.O=C(c1cccc(NC(=O)[C@@]23CCCC[C@H]2CNC3)c1)N1CCOCC1. The number of morpholine rings is 1. The molecular formula is C20H28ClN3O3. The standard InChI is InChI=1S/C20H27N3O3.ClH/c24-18(23-8-10-26-11-9-23)15-4-3-6-17(12-15)22-19(25)20-7-2-1-5-16(20)13-21-14-20;/h3-4,6,12,16,21H,1-2,5,7-11,13-14H2,(H,22,25);1H/t16-,20+;/m0./s1. The molecule has 2 saturated heterocycles. The van der Waals surface area contributed by atoms with Gasteiger partial charge in [-0.2, -0.15) is 0 Å². The van der Waals surface area contributed by atoms with E-state index in [4.69, 9.17) is 4.74 Å². The molecule has 0 spiro atoms. The van der Waals surface area contributed by atoms with Gasteiger partial charge in [-0.25, -0.2) is 0 Å². The fourth-order valence-corrected chi connectivity index (χ4v) is 4.62. The quantitative estimate of drug-likeness (QED) is 0.826. The van der Waals surface area contributed by atoms with Crippen LogP contribution in [0.4, 0.5) is 5.69 Å². The summed E-state index contributed by atoms with van der Waals surface area (Å²) < 4.78 is 5.31. The van der Waals surface area contributed by atoms with Crippen LogP contribution in [0.15, 0.2) is 24.3 Å². The van der Waals surface area contributed by atoms with Crippen LogP contribution in [0.3, 0.4) is 0 Å². The van der Waals surface area contributed by atoms with E-state index < -0.39 is 0 Å². The van der Waals surface area contributed by atoms with Gasteiger partial charge in [0.2, 0.25) is 5.91 Å². The number of amides is 2. The van der Waals surface area contributed by atoms with Gasteiger partial charge in [0.15, 0.2) is 0 Å². The minimum absolute atomic E-state index is 0. The molecule has 0 aromatic heterocycles. The molecule has 2 heterocycles. The van der Waals surface area contributed by atoms with E-state index in [9.17, 15) is 9.59 Å². The Balaban J connectivity index is 0.00000210. The summed E-state index contributed by atoms with van der Waals surface area (Å²) in [4.78, 5) is 27.6. The number of rotatable bonds is 3. The van der Waals surface area contributed by atoms with Crippen LogP contribution >= 0.6 is 12.4 Å². The third kappa shape index (κ3) is 3.98. The smallest absolute Gasteiger partial charge is 0.254 e. The number of anilines is 1. The van der Waals surface area contributed by atoms with Gasteiger partial charge in [0.05, 0.1) is 18.6 Å². The van der Waals surface area contributed by atoms with Crippen molar-refractivity contribution in [2.45, 2.75) is 25.7 Å². The van der Waals surface area contributed by atoms with Crippen molar-refractivity contribution in [3.63, 3.8) is 0 Å². The van der Waals surface area contributed by atoms with Gasteiger partial charge in [0.25, 0.3) is 5.91 Å². The number of ether oxygens (including phenoxy) is 1. The predicted molar refractivity (Wildman–Crippen MR) is 106 cm³/mol. The maximum atomic E-state index is 13.1. The molecule has 0 unspecified atom stereocenters. The predicted octanol–water partition coefficient (Wildman–Crippen LogP) is 2.30. The highest BCUT2D eigenvalue weighted by atomic mass is 35.5. The van der Waals surface area contributed by atoms with Crippen LogP contribution in [-0.2, 0) is 9.53 Å². The van der Waals surface area contributed by atoms with Crippen LogP contribution in [0, 0.1) is 11.3 Å². The lowest BCUT2D eigenvalue weighted by Crippen LogP contribution is -2.44. The number of fused-ring (bicyclic) bond motifs is 1. The van der Waals surface area contributed by atoms with Crippen LogP contribution < -0.4 is 10.6 Å². The van der Waals surface area contributed by atoms with Gasteiger partial charge in [0, 0.05) is 30.9 Å². The molecule has 0 bridgehead atoms. The summed E-state index contributed by atoms with van der Waals surface area (Å²) >= 11 is 0. The van der Waals surface area contributed by atoms with E-state index >= 15 is 0 Å². The molecule has 3 aliphatic rings. The summed E-state index contributed by atoms with van der Waals surface area (Å²) in [7, 11) is 0. The maximum Gasteiger partial charge on any atom is 0.254 e. The molecule has 1 aliphatic carbocycles. The van der Waals surface area contributed by atoms with Crippen LogP contribution in [0.5, 0.6) is 0 Å².